The van der Waals surface area contributed by atoms with Crippen LogP contribution in [0, 0.1) is 5.92 Å². The van der Waals surface area contributed by atoms with Crippen LogP contribution in [0.5, 0.6) is 0 Å². The molecule has 0 unspecified atom stereocenters. The number of aliphatic hydroxyl groups is 1. The van der Waals surface area contributed by atoms with Crippen molar-refractivity contribution in [1.82, 2.24) is 5.23 Å². The predicted molar refractivity (Wildman–Crippen MR) is 40.6 cm³/mol. The molecule has 1 rings (SSSR count). The van der Waals surface area contributed by atoms with Crippen LogP contribution in [0.15, 0.2) is 0 Å². The lowest BCUT2D eigenvalue weighted by atomic mass is 9.80. The van der Waals surface area contributed by atoms with Gasteiger partial charge in [0.2, 0.25) is 0 Å². The Balaban J connectivity index is 1.95. The van der Waals surface area contributed by atoms with Gasteiger partial charge in [-0.05, 0) is 32.1 Å². The molecule has 4 heteroatoms. The topological polar surface area (TPSA) is 52.5 Å². The summed E-state index contributed by atoms with van der Waals surface area (Å²) in [5, 5.41) is 20.6. The van der Waals surface area contributed by atoms with Gasteiger partial charge in [-0.25, -0.2) is 0 Å². The summed E-state index contributed by atoms with van der Waals surface area (Å²) in [6.07, 6.45) is 1.69. The highest BCUT2D eigenvalue weighted by Gasteiger charge is 2.26. The molecule has 0 bridgehead atoms. The van der Waals surface area contributed by atoms with Gasteiger partial charge >= 0.3 is 7.05 Å². The smallest absolute Gasteiger partial charge is 0.373 e. The van der Waals surface area contributed by atoms with Crippen LogP contribution in [0.3, 0.4) is 0 Å². The van der Waals surface area contributed by atoms with E-state index in [0.717, 1.165) is 19.4 Å². The fourth-order valence-corrected chi connectivity index (χ4v) is 1.20. The van der Waals surface area contributed by atoms with E-state index in [1.54, 1.807) is 6.82 Å². The van der Waals surface area contributed by atoms with Crippen molar-refractivity contribution >= 4 is 7.05 Å². The molecule has 0 aromatic heterocycles. The third kappa shape index (κ3) is 2.29. The maximum atomic E-state index is 8.89. The molecule has 0 heterocycles. The molecule has 1 aliphatic rings. The van der Waals surface area contributed by atoms with Crippen molar-refractivity contribution in [1.29, 1.82) is 0 Å². The van der Waals surface area contributed by atoms with E-state index >= 15 is 0 Å². The average Bonchev–Trinajstić information content (AvgIpc) is 1.77. The third-order valence-corrected chi connectivity index (χ3v) is 1.91. The first kappa shape index (κ1) is 8.05. The second-order valence-electron chi connectivity index (χ2n) is 3.08. The molecule has 0 amide bonds. The van der Waals surface area contributed by atoms with E-state index in [1.165, 1.54) is 0 Å². The van der Waals surface area contributed by atoms with E-state index in [9.17, 15) is 0 Å². The molecule has 0 atom stereocenters. The first-order valence-electron chi connectivity index (χ1n) is 3.78. The minimum atomic E-state index is -0.419. The Morgan fingerprint density at radius 3 is 2.60 bits per heavy atom. The molecule has 3 N–H and O–H groups in total. The van der Waals surface area contributed by atoms with Gasteiger partial charge in [0.05, 0.1) is 6.10 Å². The summed E-state index contributed by atoms with van der Waals surface area (Å²) in [5.74, 6) is 0.574. The van der Waals surface area contributed by atoms with E-state index in [1.807, 2.05) is 0 Å². The summed E-state index contributed by atoms with van der Waals surface area (Å²) in [7, 11) is -0.419. The van der Waals surface area contributed by atoms with Crippen LogP contribution < -0.4 is 5.23 Å². The molecule has 1 saturated carbocycles. The van der Waals surface area contributed by atoms with E-state index < -0.39 is 7.05 Å². The van der Waals surface area contributed by atoms with Crippen LogP contribution in [0.2, 0.25) is 6.82 Å². The van der Waals surface area contributed by atoms with Crippen LogP contribution in [0.25, 0.3) is 0 Å². The highest BCUT2D eigenvalue weighted by atomic mass is 16.3. The van der Waals surface area contributed by atoms with Crippen molar-refractivity contribution in [2.45, 2.75) is 25.8 Å². The molecule has 0 aromatic rings. The largest absolute Gasteiger partial charge is 0.437 e. The SMILES string of the molecule is CB(O)NC[C@H]1C[C@@H](O)C1. The molecule has 0 spiro atoms. The molecule has 0 saturated heterocycles. The van der Waals surface area contributed by atoms with Gasteiger partial charge in [-0.1, -0.05) is 0 Å². The average molecular weight is 143 g/mol. The van der Waals surface area contributed by atoms with E-state index in [-0.39, 0.29) is 6.10 Å². The standard InChI is InChI=1S/C6H14BNO2/c1-7(10)8-4-5-2-6(9)3-5/h5-6,8-10H,2-4H2,1H3/t5-,6+. The number of hydrogen-bond acceptors (Lipinski definition) is 3. The van der Waals surface area contributed by atoms with Crippen molar-refractivity contribution in [2.24, 2.45) is 5.92 Å². The molecular formula is C6H14BNO2. The molecule has 10 heavy (non-hydrogen) atoms. The molecule has 1 fully saturated rings. The van der Waals surface area contributed by atoms with Gasteiger partial charge in [-0.2, -0.15) is 0 Å². The fourth-order valence-electron chi connectivity index (χ4n) is 1.20. The lowest BCUT2D eigenvalue weighted by Crippen LogP contribution is -2.41. The van der Waals surface area contributed by atoms with Crippen molar-refractivity contribution in [2.75, 3.05) is 6.54 Å². The Morgan fingerprint density at radius 1 is 1.60 bits per heavy atom. The van der Waals surface area contributed by atoms with Crippen molar-refractivity contribution in [3.63, 3.8) is 0 Å². The van der Waals surface area contributed by atoms with E-state index in [0.29, 0.717) is 5.92 Å². The summed E-state index contributed by atoms with van der Waals surface area (Å²) in [6, 6.07) is 0. The number of aliphatic hydroxyl groups excluding tert-OH is 1. The van der Waals surface area contributed by atoms with Gasteiger partial charge in [0.1, 0.15) is 0 Å². The van der Waals surface area contributed by atoms with Crippen molar-refractivity contribution < 1.29 is 10.1 Å². The van der Waals surface area contributed by atoms with Crippen molar-refractivity contribution in [3.05, 3.63) is 0 Å². The highest BCUT2D eigenvalue weighted by molar-refractivity contribution is 6.45. The van der Waals surface area contributed by atoms with Gasteiger partial charge in [-0.15, -0.1) is 0 Å². The maximum Gasteiger partial charge on any atom is 0.373 e. The van der Waals surface area contributed by atoms with E-state index in [4.69, 9.17) is 10.1 Å². The Hall–Kier alpha value is -0.0551. The molecule has 58 valence electrons. The minimum Gasteiger partial charge on any atom is -0.437 e. The zero-order valence-electron chi connectivity index (χ0n) is 6.25. The lowest BCUT2D eigenvalue weighted by Gasteiger charge is -2.31. The molecule has 0 aliphatic heterocycles. The van der Waals surface area contributed by atoms with Crippen molar-refractivity contribution in [3.8, 4) is 0 Å². The van der Waals surface area contributed by atoms with Crippen LogP contribution in [-0.2, 0) is 0 Å². The molecule has 3 nitrogen and oxygen atoms in total. The zero-order chi connectivity index (χ0) is 7.56. The van der Waals surface area contributed by atoms with E-state index in [2.05, 4.69) is 5.23 Å². The van der Waals surface area contributed by atoms with Crippen LogP contribution in [0.4, 0.5) is 0 Å². The normalized spacial score (nSPS) is 31.5. The fraction of sp³-hybridized carbons (Fsp3) is 1.00. The van der Waals surface area contributed by atoms with Gasteiger partial charge in [0, 0.05) is 0 Å². The summed E-state index contributed by atoms with van der Waals surface area (Å²) in [4.78, 5) is 0. The first-order chi connectivity index (χ1) is 4.68. The first-order valence-corrected chi connectivity index (χ1v) is 3.78. The van der Waals surface area contributed by atoms with Gasteiger partial charge in [0.15, 0.2) is 0 Å². The molecule has 0 radical (unpaired) electrons. The Morgan fingerprint density at radius 2 is 2.20 bits per heavy atom. The van der Waals surface area contributed by atoms with Gasteiger partial charge in [0.25, 0.3) is 0 Å². The van der Waals surface area contributed by atoms with Gasteiger partial charge in [-0.3, -0.25) is 0 Å². The summed E-state index contributed by atoms with van der Waals surface area (Å²) in [6.45, 7) is 2.53. The van der Waals surface area contributed by atoms with Crippen LogP contribution >= 0.6 is 0 Å². The number of nitrogens with one attached hydrogen (secondary N) is 1. The summed E-state index contributed by atoms with van der Waals surface area (Å²) < 4.78 is 0. The second kappa shape index (κ2) is 3.37. The Bertz CT molecular complexity index is 104. The van der Waals surface area contributed by atoms with Crippen LogP contribution in [0.1, 0.15) is 12.8 Å². The third-order valence-electron chi connectivity index (χ3n) is 1.91. The minimum absolute atomic E-state index is 0.0826. The molecular weight excluding hydrogens is 129 g/mol. The second-order valence-corrected chi connectivity index (χ2v) is 3.08. The number of rotatable bonds is 3. The number of hydrogen-bond donors (Lipinski definition) is 3. The zero-order valence-corrected chi connectivity index (χ0v) is 6.25. The van der Waals surface area contributed by atoms with Gasteiger partial charge < -0.3 is 15.4 Å². The molecule has 1 aliphatic carbocycles. The quantitative estimate of drug-likeness (QED) is 0.465. The summed E-state index contributed by atoms with van der Waals surface area (Å²) in [5.41, 5.74) is 0. The summed E-state index contributed by atoms with van der Waals surface area (Å²) >= 11 is 0. The molecule has 0 aromatic carbocycles. The highest BCUT2D eigenvalue weighted by Crippen LogP contribution is 2.25. The predicted octanol–water partition coefficient (Wildman–Crippen LogP) is -0.543. The lowest BCUT2D eigenvalue weighted by molar-refractivity contribution is 0.0449. The maximum absolute atomic E-state index is 8.89. The van der Waals surface area contributed by atoms with Crippen LogP contribution in [-0.4, -0.2) is 29.8 Å². The Kier molecular flexibility index (Phi) is 2.71. The Labute approximate surface area is 61.6 Å². The monoisotopic (exact) mass is 143 g/mol.